The zero-order valence-corrected chi connectivity index (χ0v) is 10.1. The van der Waals surface area contributed by atoms with E-state index >= 15 is 0 Å². The van der Waals surface area contributed by atoms with Crippen LogP contribution in [0.4, 0.5) is 5.82 Å². The van der Waals surface area contributed by atoms with Gasteiger partial charge in [-0.15, -0.1) is 0 Å². The average Bonchev–Trinajstić information content (AvgIpc) is 2.33. The minimum Gasteiger partial charge on any atom is -0.495 e. The summed E-state index contributed by atoms with van der Waals surface area (Å²) in [5, 5.41) is 3.49. The molecule has 1 aromatic rings. The number of methoxy groups -OCH3 is 1. The van der Waals surface area contributed by atoms with E-state index in [4.69, 9.17) is 4.74 Å². The number of hydrogen-bond acceptors (Lipinski definition) is 3. The Hall–Kier alpha value is -1.25. The fourth-order valence-corrected chi connectivity index (χ4v) is 2.20. The first-order valence-corrected chi connectivity index (χ1v) is 6.04. The van der Waals surface area contributed by atoms with E-state index in [0.29, 0.717) is 6.04 Å². The molecular weight excluding hydrogens is 200 g/mol. The second kappa shape index (κ2) is 5.19. The lowest BCUT2D eigenvalue weighted by Crippen LogP contribution is -2.25. The molecule has 1 aromatic heterocycles. The SMILES string of the molecule is COc1ccc(NC2CCC(C)CC2)nc1. The van der Waals surface area contributed by atoms with Crippen molar-refractivity contribution >= 4 is 5.82 Å². The van der Waals surface area contributed by atoms with Crippen LogP contribution in [0.5, 0.6) is 5.75 Å². The van der Waals surface area contributed by atoms with Crippen molar-refractivity contribution in [2.24, 2.45) is 5.92 Å². The first-order valence-electron chi connectivity index (χ1n) is 6.04. The van der Waals surface area contributed by atoms with E-state index in [1.165, 1.54) is 25.7 Å². The van der Waals surface area contributed by atoms with Gasteiger partial charge in [0.2, 0.25) is 0 Å². The highest BCUT2D eigenvalue weighted by Gasteiger charge is 2.17. The maximum Gasteiger partial charge on any atom is 0.137 e. The standard InChI is InChI=1S/C13H20N2O/c1-10-3-5-11(6-4-10)15-13-8-7-12(16-2)9-14-13/h7-11H,3-6H2,1-2H3,(H,14,15). The number of ether oxygens (including phenoxy) is 1. The average molecular weight is 220 g/mol. The van der Waals surface area contributed by atoms with Gasteiger partial charge >= 0.3 is 0 Å². The molecule has 1 aliphatic rings. The number of nitrogens with zero attached hydrogens (tertiary/aromatic N) is 1. The molecule has 0 aliphatic heterocycles. The molecule has 1 N–H and O–H groups in total. The van der Waals surface area contributed by atoms with Gasteiger partial charge in [0.15, 0.2) is 0 Å². The lowest BCUT2D eigenvalue weighted by atomic mass is 9.87. The fourth-order valence-electron chi connectivity index (χ4n) is 2.20. The molecule has 1 fully saturated rings. The molecule has 3 heteroatoms. The highest BCUT2D eigenvalue weighted by Crippen LogP contribution is 2.25. The molecule has 0 radical (unpaired) electrons. The van der Waals surface area contributed by atoms with Crippen molar-refractivity contribution in [1.29, 1.82) is 0 Å². The first kappa shape index (κ1) is 11.2. The van der Waals surface area contributed by atoms with Crippen molar-refractivity contribution in [3.63, 3.8) is 0 Å². The van der Waals surface area contributed by atoms with Gasteiger partial charge in [-0.1, -0.05) is 6.92 Å². The zero-order valence-electron chi connectivity index (χ0n) is 10.1. The molecule has 0 unspecified atom stereocenters. The Morgan fingerprint density at radius 3 is 2.56 bits per heavy atom. The van der Waals surface area contributed by atoms with Gasteiger partial charge in [0.1, 0.15) is 11.6 Å². The molecule has 1 saturated carbocycles. The predicted molar refractivity (Wildman–Crippen MR) is 65.8 cm³/mol. The predicted octanol–water partition coefficient (Wildman–Crippen LogP) is 3.08. The summed E-state index contributed by atoms with van der Waals surface area (Å²) in [7, 11) is 1.66. The van der Waals surface area contributed by atoms with E-state index in [1.807, 2.05) is 12.1 Å². The van der Waals surface area contributed by atoms with Crippen molar-refractivity contribution in [2.75, 3.05) is 12.4 Å². The van der Waals surface area contributed by atoms with Crippen LogP contribution in [-0.4, -0.2) is 18.1 Å². The number of nitrogens with one attached hydrogen (secondary N) is 1. The minimum atomic E-state index is 0.595. The summed E-state index contributed by atoms with van der Waals surface area (Å²) >= 11 is 0. The van der Waals surface area contributed by atoms with Crippen molar-refractivity contribution in [3.8, 4) is 5.75 Å². The third-order valence-electron chi connectivity index (χ3n) is 3.34. The lowest BCUT2D eigenvalue weighted by molar-refractivity contribution is 0.360. The van der Waals surface area contributed by atoms with Gasteiger partial charge < -0.3 is 10.1 Å². The molecular formula is C13H20N2O. The Labute approximate surface area is 97.2 Å². The topological polar surface area (TPSA) is 34.1 Å². The van der Waals surface area contributed by atoms with Crippen LogP contribution in [-0.2, 0) is 0 Å². The Kier molecular flexibility index (Phi) is 3.65. The normalized spacial score (nSPS) is 25.1. The van der Waals surface area contributed by atoms with Crippen molar-refractivity contribution in [1.82, 2.24) is 4.98 Å². The van der Waals surface area contributed by atoms with Crippen LogP contribution in [0.1, 0.15) is 32.6 Å². The maximum atomic E-state index is 5.08. The van der Waals surface area contributed by atoms with E-state index < -0.39 is 0 Å². The van der Waals surface area contributed by atoms with Gasteiger partial charge in [-0.2, -0.15) is 0 Å². The summed E-state index contributed by atoms with van der Waals surface area (Å²) in [5.41, 5.74) is 0. The maximum absolute atomic E-state index is 5.08. The fraction of sp³-hybridized carbons (Fsp3) is 0.615. The largest absolute Gasteiger partial charge is 0.495 e. The van der Waals surface area contributed by atoms with Gasteiger partial charge in [0.25, 0.3) is 0 Å². The number of aromatic nitrogens is 1. The lowest BCUT2D eigenvalue weighted by Gasteiger charge is -2.27. The summed E-state index contributed by atoms with van der Waals surface area (Å²) in [6.45, 7) is 2.34. The quantitative estimate of drug-likeness (QED) is 0.850. The van der Waals surface area contributed by atoms with E-state index in [1.54, 1.807) is 13.3 Å². The van der Waals surface area contributed by atoms with Crippen molar-refractivity contribution in [2.45, 2.75) is 38.6 Å². The van der Waals surface area contributed by atoms with E-state index in [9.17, 15) is 0 Å². The van der Waals surface area contributed by atoms with Gasteiger partial charge in [-0.3, -0.25) is 0 Å². The van der Waals surface area contributed by atoms with Crippen molar-refractivity contribution in [3.05, 3.63) is 18.3 Å². The molecule has 0 aromatic carbocycles. The molecule has 0 saturated heterocycles. The number of rotatable bonds is 3. The van der Waals surface area contributed by atoms with Crippen molar-refractivity contribution < 1.29 is 4.74 Å². The van der Waals surface area contributed by atoms with Crippen LogP contribution in [0, 0.1) is 5.92 Å². The summed E-state index contributed by atoms with van der Waals surface area (Å²) in [4.78, 5) is 4.33. The second-order valence-corrected chi connectivity index (χ2v) is 4.68. The molecule has 1 heterocycles. The highest BCUT2D eigenvalue weighted by molar-refractivity contribution is 5.38. The molecule has 1 aliphatic carbocycles. The van der Waals surface area contributed by atoms with Crippen LogP contribution >= 0.6 is 0 Å². The molecule has 2 rings (SSSR count). The molecule has 0 amide bonds. The van der Waals surface area contributed by atoms with Gasteiger partial charge in [-0.25, -0.2) is 4.98 Å². The third kappa shape index (κ3) is 2.87. The van der Waals surface area contributed by atoms with Gasteiger partial charge in [-0.05, 0) is 43.7 Å². The monoisotopic (exact) mass is 220 g/mol. The third-order valence-corrected chi connectivity index (χ3v) is 3.34. The molecule has 16 heavy (non-hydrogen) atoms. The second-order valence-electron chi connectivity index (χ2n) is 4.68. The Morgan fingerprint density at radius 1 is 1.25 bits per heavy atom. The Morgan fingerprint density at radius 2 is 2.00 bits per heavy atom. The first-order chi connectivity index (χ1) is 7.78. The molecule has 88 valence electrons. The molecule has 0 spiro atoms. The van der Waals surface area contributed by atoms with Crippen LogP contribution in [0.25, 0.3) is 0 Å². The Balaban J connectivity index is 1.88. The number of hydrogen-bond donors (Lipinski definition) is 1. The van der Waals surface area contributed by atoms with Gasteiger partial charge in [0.05, 0.1) is 13.3 Å². The van der Waals surface area contributed by atoms with Crippen LogP contribution in [0.15, 0.2) is 18.3 Å². The summed E-state index contributed by atoms with van der Waals surface area (Å²) in [6, 6.07) is 4.52. The zero-order chi connectivity index (χ0) is 11.4. The summed E-state index contributed by atoms with van der Waals surface area (Å²) in [6.07, 6.45) is 6.93. The smallest absolute Gasteiger partial charge is 0.137 e. The minimum absolute atomic E-state index is 0.595. The molecule has 3 nitrogen and oxygen atoms in total. The molecule has 0 atom stereocenters. The van der Waals surface area contributed by atoms with Crippen LogP contribution in [0.3, 0.4) is 0 Å². The highest BCUT2D eigenvalue weighted by atomic mass is 16.5. The van der Waals surface area contributed by atoms with E-state index in [0.717, 1.165) is 17.5 Å². The van der Waals surface area contributed by atoms with E-state index in [2.05, 4.69) is 17.2 Å². The van der Waals surface area contributed by atoms with Crippen LogP contribution in [0.2, 0.25) is 0 Å². The number of anilines is 1. The number of pyridine rings is 1. The van der Waals surface area contributed by atoms with E-state index in [-0.39, 0.29) is 0 Å². The summed E-state index contributed by atoms with van der Waals surface area (Å²) < 4.78 is 5.08. The van der Waals surface area contributed by atoms with Crippen LogP contribution < -0.4 is 10.1 Å². The Bertz CT molecular complexity index is 315. The molecule has 0 bridgehead atoms. The summed E-state index contributed by atoms with van der Waals surface area (Å²) in [5.74, 6) is 2.66. The van der Waals surface area contributed by atoms with Gasteiger partial charge in [0, 0.05) is 6.04 Å².